The highest BCUT2D eigenvalue weighted by Gasteiger charge is 2.50. The van der Waals surface area contributed by atoms with E-state index in [1.165, 1.54) is 0 Å². The van der Waals surface area contributed by atoms with Gasteiger partial charge in [-0.1, -0.05) is 18.2 Å². The smallest absolute Gasteiger partial charge is 0.258 e. The van der Waals surface area contributed by atoms with Crippen LogP contribution in [0.1, 0.15) is 29.8 Å². The molecule has 0 unspecified atom stereocenters. The number of nitrogens with one attached hydrogen (secondary N) is 2. The van der Waals surface area contributed by atoms with Gasteiger partial charge < -0.3 is 29.8 Å². The van der Waals surface area contributed by atoms with E-state index >= 15 is 0 Å². The number of amides is 1. The minimum atomic E-state index is -0.468. The molecular weight excluding hydrogens is 398 g/mol. The fourth-order valence-electron chi connectivity index (χ4n) is 4.93. The van der Waals surface area contributed by atoms with Crippen molar-refractivity contribution >= 4 is 12.0 Å². The molecule has 8 nitrogen and oxygen atoms in total. The zero-order valence-electron chi connectivity index (χ0n) is 17.2. The van der Waals surface area contributed by atoms with Crippen LogP contribution in [0.25, 0.3) is 6.08 Å². The molecule has 3 N–H and O–H groups in total. The number of hydrogen-bond acceptors (Lipinski definition) is 6. The highest BCUT2D eigenvalue weighted by Crippen LogP contribution is 2.41. The third kappa shape index (κ3) is 3.32. The van der Waals surface area contributed by atoms with E-state index in [0.717, 1.165) is 11.3 Å². The van der Waals surface area contributed by atoms with Gasteiger partial charge >= 0.3 is 0 Å². The van der Waals surface area contributed by atoms with Crippen LogP contribution in [0.4, 0.5) is 0 Å². The van der Waals surface area contributed by atoms with Crippen LogP contribution < -0.4 is 25.7 Å². The van der Waals surface area contributed by atoms with Gasteiger partial charge in [-0.25, -0.2) is 0 Å². The van der Waals surface area contributed by atoms with E-state index in [0.29, 0.717) is 30.2 Å². The number of ether oxygens (including phenoxy) is 2. The van der Waals surface area contributed by atoms with Crippen molar-refractivity contribution in [2.45, 2.75) is 32.1 Å². The second-order valence-electron chi connectivity index (χ2n) is 8.16. The minimum absolute atomic E-state index is 0.0646. The van der Waals surface area contributed by atoms with Crippen molar-refractivity contribution in [3.05, 3.63) is 63.6 Å². The quantitative estimate of drug-likeness (QED) is 0.668. The van der Waals surface area contributed by atoms with E-state index in [4.69, 9.17) is 9.47 Å². The Kier molecular flexibility index (Phi) is 5.03. The normalized spacial score (nSPS) is 25.6. The van der Waals surface area contributed by atoms with E-state index in [9.17, 15) is 14.7 Å². The van der Waals surface area contributed by atoms with Gasteiger partial charge in [-0.3, -0.25) is 9.59 Å². The molecule has 0 saturated carbocycles. The molecule has 8 heteroatoms. The van der Waals surface area contributed by atoms with Crippen molar-refractivity contribution < 1.29 is 19.4 Å². The third-order valence-electron chi connectivity index (χ3n) is 6.43. The van der Waals surface area contributed by atoms with Gasteiger partial charge in [-0.2, -0.15) is 0 Å². The fraction of sp³-hybridized carbons (Fsp3) is 0.391. The SMILES string of the molecule is C/C=C\c1ccc2n(c1=O)C[C@H]1N[C@@H]2[C@@H](C(=O)NCc2ccc3c(c2)OCO3)[C@@H]1CO. The van der Waals surface area contributed by atoms with Gasteiger partial charge in [0.05, 0.1) is 12.0 Å². The number of hydrogen-bond donors (Lipinski definition) is 3. The molecule has 1 amide bonds. The number of allylic oxidation sites excluding steroid dienone is 1. The lowest BCUT2D eigenvalue weighted by atomic mass is 9.86. The summed E-state index contributed by atoms with van der Waals surface area (Å²) in [6, 6.07) is 8.82. The Balaban J connectivity index is 1.39. The molecule has 1 saturated heterocycles. The monoisotopic (exact) mass is 423 g/mol. The van der Waals surface area contributed by atoms with E-state index in [-0.39, 0.29) is 42.9 Å². The molecule has 0 radical (unpaired) electrons. The molecule has 162 valence electrons. The van der Waals surface area contributed by atoms with Crippen molar-refractivity contribution in [1.82, 2.24) is 15.2 Å². The summed E-state index contributed by atoms with van der Waals surface area (Å²) in [5.41, 5.74) is 2.25. The summed E-state index contributed by atoms with van der Waals surface area (Å²) in [5, 5.41) is 16.5. The van der Waals surface area contributed by atoms with E-state index in [1.54, 1.807) is 16.7 Å². The maximum atomic E-state index is 13.2. The molecule has 3 aliphatic heterocycles. The molecule has 5 rings (SSSR count). The summed E-state index contributed by atoms with van der Waals surface area (Å²) >= 11 is 0. The number of aromatic nitrogens is 1. The average molecular weight is 423 g/mol. The predicted octanol–water partition coefficient (Wildman–Crippen LogP) is 1.18. The average Bonchev–Trinajstić information content (AvgIpc) is 3.36. The summed E-state index contributed by atoms with van der Waals surface area (Å²) in [4.78, 5) is 26.1. The zero-order valence-corrected chi connectivity index (χ0v) is 17.2. The predicted molar refractivity (Wildman–Crippen MR) is 114 cm³/mol. The summed E-state index contributed by atoms with van der Waals surface area (Å²) < 4.78 is 12.5. The minimum Gasteiger partial charge on any atom is -0.454 e. The number of nitrogens with zero attached hydrogens (tertiary/aromatic N) is 1. The first-order valence-corrected chi connectivity index (χ1v) is 10.5. The first-order chi connectivity index (χ1) is 15.1. The summed E-state index contributed by atoms with van der Waals surface area (Å²) in [7, 11) is 0. The van der Waals surface area contributed by atoms with E-state index in [1.807, 2.05) is 37.3 Å². The van der Waals surface area contributed by atoms with Crippen molar-refractivity contribution in [2.24, 2.45) is 11.8 Å². The van der Waals surface area contributed by atoms with Crippen LogP contribution in [0.2, 0.25) is 0 Å². The molecule has 0 spiro atoms. The van der Waals surface area contributed by atoms with Crippen LogP contribution >= 0.6 is 0 Å². The first kappa shape index (κ1) is 19.8. The number of aliphatic hydroxyl groups is 1. The van der Waals surface area contributed by atoms with Gasteiger partial charge in [0.25, 0.3) is 5.56 Å². The third-order valence-corrected chi connectivity index (χ3v) is 6.43. The van der Waals surface area contributed by atoms with Crippen LogP contribution in [0.15, 0.2) is 41.2 Å². The molecule has 0 aliphatic carbocycles. The van der Waals surface area contributed by atoms with E-state index in [2.05, 4.69) is 10.6 Å². The van der Waals surface area contributed by atoms with Gasteiger partial charge in [-0.15, -0.1) is 0 Å². The van der Waals surface area contributed by atoms with Gasteiger partial charge in [-0.05, 0) is 36.8 Å². The summed E-state index contributed by atoms with van der Waals surface area (Å²) in [5.74, 6) is 0.484. The molecule has 3 aliphatic rings. The maximum Gasteiger partial charge on any atom is 0.258 e. The molecule has 1 aromatic heterocycles. The molecular formula is C23H25N3O5. The molecule has 1 fully saturated rings. The van der Waals surface area contributed by atoms with Crippen molar-refractivity contribution in [3.8, 4) is 11.5 Å². The number of carbonyl (C=O) groups excluding carboxylic acids is 1. The van der Waals surface area contributed by atoms with Crippen molar-refractivity contribution in [3.63, 3.8) is 0 Å². The second-order valence-corrected chi connectivity index (χ2v) is 8.16. The molecule has 2 bridgehead atoms. The Labute approximate surface area is 179 Å². The lowest BCUT2D eigenvalue weighted by Crippen LogP contribution is -2.43. The molecule has 4 atom stereocenters. The van der Waals surface area contributed by atoms with Gasteiger partial charge in [0, 0.05) is 42.9 Å². The Morgan fingerprint density at radius 1 is 1.29 bits per heavy atom. The van der Waals surface area contributed by atoms with Crippen LogP contribution in [0, 0.1) is 11.8 Å². The van der Waals surface area contributed by atoms with Crippen LogP contribution in [-0.4, -0.2) is 35.0 Å². The van der Waals surface area contributed by atoms with Gasteiger partial charge in [0.2, 0.25) is 12.7 Å². The maximum absolute atomic E-state index is 13.2. The van der Waals surface area contributed by atoms with Crippen molar-refractivity contribution in [1.29, 1.82) is 0 Å². The van der Waals surface area contributed by atoms with Gasteiger partial charge in [0.1, 0.15) is 0 Å². The fourth-order valence-corrected chi connectivity index (χ4v) is 4.93. The van der Waals surface area contributed by atoms with Crippen LogP contribution in [0.3, 0.4) is 0 Å². The largest absolute Gasteiger partial charge is 0.454 e. The first-order valence-electron chi connectivity index (χ1n) is 10.5. The number of pyridine rings is 1. The number of aliphatic hydroxyl groups excluding tert-OH is 1. The standard InChI is InChI=1S/C23H25N3O5/c1-2-3-14-5-6-17-21-20(15(11-27)16(25-21)10-26(17)23(14)29)22(28)24-9-13-4-7-18-19(8-13)31-12-30-18/h2-8,15-16,20-21,25,27H,9-12H2,1H3,(H,24,28)/b3-2-/t15-,16-,20+,21+/m1/s1. The van der Waals surface area contributed by atoms with Crippen LogP contribution in [0.5, 0.6) is 11.5 Å². The van der Waals surface area contributed by atoms with Crippen molar-refractivity contribution in [2.75, 3.05) is 13.4 Å². The molecule has 31 heavy (non-hydrogen) atoms. The Morgan fingerprint density at radius 3 is 2.94 bits per heavy atom. The molecule has 1 aromatic carbocycles. The zero-order chi connectivity index (χ0) is 21.5. The number of benzene rings is 1. The molecule has 4 heterocycles. The summed E-state index contributed by atoms with van der Waals surface area (Å²) in [6.07, 6.45) is 3.63. The Hall–Kier alpha value is -3.10. The lowest BCUT2D eigenvalue weighted by Gasteiger charge is -2.28. The Morgan fingerprint density at radius 2 is 2.13 bits per heavy atom. The molecule has 2 aromatic rings. The van der Waals surface area contributed by atoms with Gasteiger partial charge in [0.15, 0.2) is 11.5 Å². The number of rotatable bonds is 5. The van der Waals surface area contributed by atoms with E-state index < -0.39 is 5.92 Å². The Bertz CT molecular complexity index is 1110. The highest BCUT2D eigenvalue weighted by atomic mass is 16.7. The second kappa shape index (κ2) is 7.86. The number of fused-ring (bicyclic) bond motifs is 5. The highest BCUT2D eigenvalue weighted by molar-refractivity contribution is 5.80. The summed E-state index contributed by atoms with van der Waals surface area (Å²) in [6.45, 7) is 2.73. The topological polar surface area (TPSA) is 102 Å². The number of carbonyl (C=O) groups is 1. The van der Waals surface area contributed by atoms with Crippen LogP contribution in [-0.2, 0) is 17.9 Å². The lowest BCUT2D eigenvalue weighted by molar-refractivity contribution is -0.127.